The summed E-state index contributed by atoms with van der Waals surface area (Å²) in [6.45, 7) is 0. The van der Waals surface area contributed by atoms with E-state index < -0.39 is 0 Å². The van der Waals surface area contributed by atoms with E-state index >= 15 is 0 Å². The molecule has 0 spiro atoms. The molecule has 54 heavy (non-hydrogen) atoms. The second kappa shape index (κ2) is 12.2. The van der Waals surface area contributed by atoms with Crippen molar-refractivity contribution in [3.8, 4) is 44.8 Å². The van der Waals surface area contributed by atoms with Crippen LogP contribution in [0.15, 0.2) is 206 Å². The second-order valence-electron chi connectivity index (χ2n) is 14.1. The molecule has 0 aliphatic rings. The summed E-state index contributed by atoms with van der Waals surface area (Å²) < 4.78 is 4.98. The first-order chi connectivity index (χ1) is 26.8. The van der Waals surface area contributed by atoms with Crippen molar-refractivity contribution < 1.29 is 0 Å². The zero-order chi connectivity index (χ0) is 35.6. The van der Waals surface area contributed by atoms with Crippen molar-refractivity contribution in [2.75, 3.05) is 0 Å². The topological polar surface area (TPSA) is 9.86 Å². The molecule has 0 radical (unpaired) electrons. The van der Waals surface area contributed by atoms with Crippen molar-refractivity contribution in [1.82, 2.24) is 9.13 Å². The van der Waals surface area contributed by atoms with Gasteiger partial charge in [0.15, 0.2) is 0 Å². The van der Waals surface area contributed by atoms with Gasteiger partial charge in [-0.1, -0.05) is 152 Å². The largest absolute Gasteiger partial charge is 0.307 e. The van der Waals surface area contributed by atoms with Crippen molar-refractivity contribution in [1.29, 1.82) is 0 Å². The van der Waals surface area contributed by atoms with Crippen LogP contribution in [0.25, 0.3) is 99.1 Å². The summed E-state index contributed by atoms with van der Waals surface area (Å²) in [5.74, 6) is 0. The highest BCUT2D eigenvalue weighted by atomic mass is 15.0. The molecular weight excluding hydrogens is 653 g/mol. The summed E-state index contributed by atoms with van der Waals surface area (Å²) in [6.07, 6.45) is 0. The van der Waals surface area contributed by atoms with Gasteiger partial charge in [-0.15, -0.1) is 0 Å². The van der Waals surface area contributed by atoms with Gasteiger partial charge in [-0.2, -0.15) is 0 Å². The summed E-state index contributed by atoms with van der Waals surface area (Å²) in [7, 11) is 0. The lowest BCUT2D eigenvalue weighted by Gasteiger charge is -2.15. The monoisotopic (exact) mass is 686 g/mol. The predicted molar refractivity (Wildman–Crippen MR) is 229 cm³/mol. The minimum Gasteiger partial charge on any atom is -0.307 e. The Morgan fingerprint density at radius 2 is 0.778 bits per heavy atom. The van der Waals surface area contributed by atoms with Crippen LogP contribution in [0, 0.1) is 0 Å². The third kappa shape index (κ3) is 4.74. The van der Waals surface area contributed by atoms with Crippen molar-refractivity contribution in [2.45, 2.75) is 0 Å². The molecule has 0 fully saturated rings. The smallest absolute Gasteiger partial charge is 0.0789 e. The number of hydrogen-bond acceptors (Lipinski definition) is 0. The molecule has 11 rings (SSSR count). The van der Waals surface area contributed by atoms with Crippen LogP contribution in [0.1, 0.15) is 0 Å². The first kappa shape index (κ1) is 30.5. The lowest BCUT2D eigenvalue weighted by Crippen LogP contribution is -1.99. The SMILES string of the molecule is c1ccc(-c2cc(-c3ccccc3)cc(-c3cccc(-n4c5ccc6ccccc6c5c5ccc6c7ccccc7n(-c7ccccc7)c6c54)c3)c2)cc1. The molecule has 0 unspecified atom stereocenters. The molecule has 2 heteroatoms. The van der Waals surface area contributed by atoms with E-state index in [4.69, 9.17) is 0 Å². The summed E-state index contributed by atoms with van der Waals surface area (Å²) >= 11 is 0. The first-order valence-electron chi connectivity index (χ1n) is 18.6. The quantitative estimate of drug-likeness (QED) is 0.171. The predicted octanol–water partition coefficient (Wildman–Crippen LogP) is 14.0. The van der Waals surface area contributed by atoms with Gasteiger partial charge in [-0.25, -0.2) is 0 Å². The average Bonchev–Trinajstić information content (AvgIpc) is 3.78. The van der Waals surface area contributed by atoms with Gasteiger partial charge in [-0.05, 0) is 98.8 Å². The Hall–Kier alpha value is -7.16. The average molecular weight is 687 g/mol. The van der Waals surface area contributed by atoms with Crippen LogP contribution in [0.2, 0.25) is 0 Å². The van der Waals surface area contributed by atoms with Crippen LogP contribution >= 0.6 is 0 Å². The molecule has 252 valence electrons. The maximum Gasteiger partial charge on any atom is 0.0789 e. The summed E-state index contributed by atoms with van der Waals surface area (Å²) in [4.78, 5) is 0. The molecule has 0 saturated heterocycles. The first-order valence-corrected chi connectivity index (χ1v) is 18.6. The van der Waals surface area contributed by atoms with Gasteiger partial charge in [0, 0.05) is 32.9 Å². The molecule has 2 heterocycles. The molecule has 0 atom stereocenters. The fourth-order valence-corrected chi connectivity index (χ4v) is 8.64. The van der Waals surface area contributed by atoms with Gasteiger partial charge in [0.05, 0.1) is 22.1 Å². The molecule has 2 nitrogen and oxygen atoms in total. The van der Waals surface area contributed by atoms with E-state index in [0.717, 1.165) is 11.4 Å². The van der Waals surface area contributed by atoms with Gasteiger partial charge in [0.1, 0.15) is 0 Å². The molecule has 9 aromatic carbocycles. The van der Waals surface area contributed by atoms with E-state index in [1.54, 1.807) is 0 Å². The van der Waals surface area contributed by atoms with Crippen molar-refractivity contribution in [3.63, 3.8) is 0 Å². The Balaban J connectivity index is 1.24. The zero-order valence-corrected chi connectivity index (χ0v) is 29.5. The number of fused-ring (bicyclic) bond motifs is 9. The maximum absolute atomic E-state index is 2.51. The molecule has 0 aliphatic carbocycles. The molecule has 0 bridgehead atoms. The van der Waals surface area contributed by atoms with Gasteiger partial charge < -0.3 is 9.13 Å². The van der Waals surface area contributed by atoms with Crippen LogP contribution in [0.5, 0.6) is 0 Å². The fraction of sp³-hybridized carbons (Fsp3) is 0. The standard InChI is InChI=1S/C52H34N2/c1-4-15-35(16-5-1)39-31-40(36-17-6-2-7-18-36)33-41(32-39)38-20-14-23-43(34-38)54-49-30-27-37-19-10-11-24-44(37)50(49)47-29-28-46-45-25-12-13-26-48(45)53(51(46)52(47)54)42-21-8-3-9-22-42/h1-34H. The van der Waals surface area contributed by atoms with E-state index in [9.17, 15) is 0 Å². The van der Waals surface area contributed by atoms with Gasteiger partial charge in [0.25, 0.3) is 0 Å². The Labute approximate surface area is 313 Å². The molecule has 0 amide bonds. The highest BCUT2D eigenvalue weighted by Crippen LogP contribution is 2.44. The van der Waals surface area contributed by atoms with E-state index in [2.05, 4.69) is 215 Å². The van der Waals surface area contributed by atoms with E-state index in [-0.39, 0.29) is 0 Å². The highest BCUT2D eigenvalue weighted by Gasteiger charge is 2.22. The van der Waals surface area contributed by atoms with Crippen LogP contribution < -0.4 is 0 Å². The summed E-state index contributed by atoms with van der Waals surface area (Å²) in [6, 6.07) is 75.2. The molecule has 0 aliphatic heterocycles. The molecule has 11 aromatic rings. The Morgan fingerprint density at radius 1 is 0.259 bits per heavy atom. The highest BCUT2D eigenvalue weighted by molar-refractivity contribution is 6.28. The van der Waals surface area contributed by atoms with E-state index in [1.807, 2.05) is 0 Å². The Kier molecular flexibility index (Phi) is 6.90. The second-order valence-corrected chi connectivity index (χ2v) is 14.1. The van der Waals surface area contributed by atoms with Gasteiger partial charge >= 0.3 is 0 Å². The third-order valence-corrected chi connectivity index (χ3v) is 11.1. The number of hydrogen-bond donors (Lipinski definition) is 0. The normalized spacial score (nSPS) is 11.7. The minimum atomic E-state index is 1.13. The van der Waals surface area contributed by atoms with Crippen LogP contribution in [0.3, 0.4) is 0 Å². The summed E-state index contributed by atoms with van der Waals surface area (Å²) in [5, 5.41) is 7.52. The van der Waals surface area contributed by atoms with Crippen LogP contribution in [-0.4, -0.2) is 9.13 Å². The number of para-hydroxylation sites is 2. The third-order valence-electron chi connectivity index (χ3n) is 11.1. The molecular formula is C52H34N2. The molecule has 2 aromatic heterocycles. The van der Waals surface area contributed by atoms with Gasteiger partial charge in [-0.3, -0.25) is 0 Å². The number of rotatable bonds is 5. The fourth-order valence-electron chi connectivity index (χ4n) is 8.64. The zero-order valence-electron chi connectivity index (χ0n) is 29.5. The van der Waals surface area contributed by atoms with Crippen LogP contribution in [0.4, 0.5) is 0 Å². The van der Waals surface area contributed by atoms with Gasteiger partial charge in [0.2, 0.25) is 0 Å². The maximum atomic E-state index is 2.51. The van der Waals surface area contributed by atoms with E-state index in [1.165, 1.54) is 87.8 Å². The lowest BCUT2D eigenvalue weighted by molar-refractivity contribution is 1.15. The summed E-state index contributed by atoms with van der Waals surface area (Å²) in [5.41, 5.74) is 14.3. The van der Waals surface area contributed by atoms with Crippen LogP contribution in [-0.2, 0) is 0 Å². The number of benzene rings is 9. The number of aromatic nitrogens is 2. The lowest BCUT2D eigenvalue weighted by atomic mass is 9.93. The molecule has 0 saturated carbocycles. The number of nitrogens with zero attached hydrogens (tertiary/aromatic N) is 2. The van der Waals surface area contributed by atoms with E-state index in [0.29, 0.717) is 0 Å². The Bertz CT molecular complexity index is 3130. The van der Waals surface area contributed by atoms with Crippen molar-refractivity contribution in [2.24, 2.45) is 0 Å². The Morgan fingerprint density at radius 3 is 1.50 bits per heavy atom. The minimum absolute atomic E-state index is 1.13. The van der Waals surface area contributed by atoms with Crippen molar-refractivity contribution >= 4 is 54.4 Å². The molecule has 0 N–H and O–H groups in total. The van der Waals surface area contributed by atoms with Crippen molar-refractivity contribution in [3.05, 3.63) is 206 Å².